The van der Waals surface area contributed by atoms with Gasteiger partial charge in [0.25, 0.3) is 0 Å². The van der Waals surface area contributed by atoms with Crippen LogP contribution >= 0.6 is 28.3 Å². The van der Waals surface area contributed by atoms with Gasteiger partial charge in [-0.25, -0.2) is 0 Å². The number of carbonyl (C=O) groups excluding carboxylic acids is 1. The number of amides is 1. The number of hydrogen-bond acceptors (Lipinski definition) is 2. The number of carbonyl (C=O) groups is 1. The molecular formula is C19H22BrClN2O. The van der Waals surface area contributed by atoms with Crippen molar-refractivity contribution in [3.8, 4) is 0 Å². The molecule has 0 bridgehead atoms. The lowest BCUT2D eigenvalue weighted by molar-refractivity contribution is -0.121. The maximum absolute atomic E-state index is 12.1. The Balaban J connectivity index is 0.00000208. The molecule has 2 aromatic rings. The number of aryl methyl sites for hydroxylation is 1. The van der Waals surface area contributed by atoms with Crippen molar-refractivity contribution in [2.45, 2.75) is 31.1 Å². The Hall–Kier alpha value is -1.52. The van der Waals surface area contributed by atoms with Crippen molar-refractivity contribution in [2.24, 2.45) is 0 Å². The number of anilines is 1. The lowest BCUT2D eigenvalue weighted by Gasteiger charge is -2.17. The molecule has 3 N–H and O–H groups in total. The van der Waals surface area contributed by atoms with Gasteiger partial charge in [-0.05, 0) is 48.6 Å². The Morgan fingerprint density at radius 3 is 2.58 bits per heavy atom. The smallest absolute Gasteiger partial charge is 0.220 e. The molecule has 3 nitrogen and oxygen atoms in total. The van der Waals surface area contributed by atoms with Crippen LogP contribution in [0.2, 0.25) is 0 Å². The van der Waals surface area contributed by atoms with Crippen LogP contribution in [0.25, 0.3) is 0 Å². The van der Waals surface area contributed by atoms with E-state index in [-0.39, 0.29) is 23.7 Å². The first-order chi connectivity index (χ1) is 11.1. The third-order valence-corrected chi connectivity index (χ3v) is 5.08. The Labute approximate surface area is 157 Å². The number of rotatable bonds is 6. The third-order valence-electron chi connectivity index (χ3n) is 4.59. The van der Waals surface area contributed by atoms with Gasteiger partial charge in [0.1, 0.15) is 0 Å². The summed E-state index contributed by atoms with van der Waals surface area (Å²) in [4.78, 5) is 12.1. The normalized spacial score (nSPS) is 14.5. The molecule has 1 fully saturated rings. The standard InChI is InChI=1S/C19H21BrN2O.ClH/c20-16-6-3-5-15(12-16)19(10-11-19)13-22-18(23)9-8-14-4-1-2-7-17(14)21;/h1-7,12H,8-11,13,21H2,(H,22,23);1H. The molecule has 128 valence electrons. The third kappa shape index (κ3) is 4.52. The Morgan fingerprint density at radius 2 is 1.92 bits per heavy atom. The number of nitrogens with two attached hydrogens (primary N) is 1. The van der Waals surface area contributed by atoms with E-state index in [2.05, 4.69) is 39.4 Å². The predicted molar refractivity (Wildman–Crippen MR) is 104 cm³/mol. The average Bonchev–Trinajstić information content (AvgIpc) is 3.33. The molecule has 0 aromatic heterocycles. The minimum absolute atomic E-state index is 0. The summed E-state index contributed by atoms with van der Waals surface area (Å²) in [5, 5.41) is 3.10. The van der Waals surface area contributed by atoms with Gasteiger partial charge in [0.15, 0.2) is 0 Å². The summed E-state index contributed by atoms with van der Waals surface area (Å²) in [6.07, 6.45) is 3.43. The SMILES string of the molecule is Cl.Nc1ccccc1CCC(=O)NCC1(c2cccc(Br)c2)CC1. The molecule has 1 saturated carbocycles. The highest BCUT2D eigenvalue weighted by Crippen LogP contribution is 2.48. The molecule has 0 spiro atoms. The van der Waals surface area contributed by atoms with Gasteiger partial charge in [0.05, 0.1) is 0 Å². The molecule has 1 aliphatic carbocycles. The minimum Gasteiger partial charge on any atom is -0.399 e. The molecule has 0 unspecified atom stereocenters. The maximum Gasteiger partial charge on any atom is 0.220 e. The van der Waals surface area contributed by atoms with E-state index in [9.17, 15) is 4.79 Å². The highest BCUT2D eigenvalue weighted by atomic mass is 79.9. The van der Waals surface area contributed by atoms with Crippen molar-refractivity contribution in [1.29, 1.82) is 0 Å². The van der Waals surface area contributed by atoms with Crippen LogP contribution < -0.4 is 11.1 Å². The van der Waals surface area contributed by atoms with Crippen molar-refractivity contribution < 1.29 is 4.79 Å². The van der Waals surface area contributed by atoms with E-state index in [0.29, 0.717) is 19.4 Å². The maximum atomic E-state index is 12.1. The van der Waals surface area contributed by atoms with Gasteiger partial charge < -0.3 is 11.1 Å². The summed E-state index contributed by atoms with van der Waals surface area (Å²) in [7, 11) is 0. The fraction of sp³-hybridized carbons (Fsp3) is 0.316. The van der Waals surface area contributed by atoms with Crippen LogP contribution in [0.5, 0.6) is 0 Å². The van der Waals surface area contributed by atoms with Gasteiger partial charge in [0, 0.05) is 28.5 Å². The van der Waals surface area contributed by atoms with Gasteiger partial charge in [-0.1, -0.05) is 46.3 Å². The molecule has 2 aromatic carbocycles. The van der Waals surface area contributed by atoms with E-state index in [1.54, 1.807) is 0 Å². The van der Waals surface area contributed by atoms with Crippen molar-refractivity contribution >= 4 is 39.9 Å². The molecule has 0 atom stereocenters. The molecule has 3 rings (SSSR count). The fourth-order valence-electron chi connectivity index (χ4n) is 2.90. The first-order valence-corrected chi connectivity index (χ1v) is 8.74. The van der Waals surface area contributed by atoms with E-state index in [0.717, 1.165) is 28.6 Å². The molecular weight excluding hydrogens is 388 g/mol. The molecule has 1 amide bonds. The van der Waals surface area contributed by atoms with E-state index < -0.39 is 0 Å². The molecule has 0 radical (unpaired) electrons. The highest BCUT2D eigenvalue weighted by Gasteiger charge is 2.44. The number of nitrogens with one attached hydrogen (secondary N) is 1. The van der Waals surface area contributed by atoms with Crippen molar-refractivity contribution in [3.63, 3.8) is 0 Å². The largest absolute Gasteiger partial charge is 0.399 e. The van der Waals surface area contributed by atoms with Gasteiger partial charge >= 0.3 is 0 Å². The molecule has 0 saturated heterocycles. The van der Waals surface area contributed by atoms with Crippen molar-refractivity contribution in [2.75, 3.05) is 12.3 Å². The second-order valence-corrected chi connectivity index (χ2v) is 7.18. The average molecular weight is 410 g/mol. The van der Waals surface area contributed by atoms with Gasteiger partial charge in [-0.15, -0.1) is 12.4 Å². The zero-order valence-corrected chi connectivity index (χ0v) is 15.8. The van der Waals surface area contributed by atoms with Gasteiger partial charge in [0.2, 0.25) is 5.91 Å². The van der Waals surface area contributed by atoms with Gasteiger partial charge in [-0.3, -0.25) is 4.79 Å². The second kappa shape index (κ2) is 8.04. The molecule has 5 heteroatoms. The first kappa shape index (κ1) is 18.8. The van der Waals surface area contributed by atoms with E-state index >= 15 is 0 Å². The van der Waals surface area contributed by atoms with Crippen LogP contribution in [0, 0.1) is 0 Å². The number of halogens is 2. The monoisotopic (exact) mass is 408 g/mol. The van der Waals surface area contributed by atoms with Crippen LogP contribution in [-0.4, -0.2) is 12.5 Å². The van der Waals surface area contributed by atoms with Crippen LogP contribution in [0.4, 0.5) is 5.69 Å². The number of hydrogen-bond donors (Lipinski definition) is 2. The summed E-state index contributed by atoms with van der Waals surface area (Å²) in [6.45, 7) is 0.715. The Bertz CT molecular complexity index is 716. The van der Waals surface area contributed by atoms with E-state index in [4.69, 9.17) is 5.73 Å². The zero-order valence-electron chi connectivity index (χ0n) is 13.4. The Kier molecular flexibility index (Phi) is 6.30. The quantitative estimate of drug-likeness (QED) is 0.701. The summed E-state index contributed by atoms with van der Waals surface area (Å²) in [5.41, 5.74) is 9.14. The van der Waals surface area contributed by atoms with Crippen molar-refractivity contribution in [1.82, 2.24) is 5.32 Å². The predicted octanol–water partition coefficient (Wildman–Crippen LogP) is 4.23. The number of nitrogen functional groups attached to an aromatic ring is 1. The van der Waals surface area contributed by atoms with E-state index in [1.165, 1.54) is 5.56 Å². The summed E-state index contributed by atoms with van der Waals surface area (Å²) >= 11 is 3.52. The van der Waals surface area contributed by atoms with Crippen LogP contribution in [0.3, 0.4) is 0 Å². The summed E-state index contributed by atoms with van der Waals surface area (Å²) in [6, 6.07) is 16.1. The topological polar surface area (TPSA) is 55.1 Å². The van der Waals surface area contributed by atoms with Crippen LogP contribution in [0.1, 0.15) is 30.4 Å². The Morgan fingerprint density at radius 1 is 1.17 bits per heavy atom. The number of para-hydroxylation sites is 1. The molecule has 0 aliphatic heterocycles. The highest BCUT2D eigenvalue weighted by molar-refractivity contribution is 9.10. The van der Waals surface area contributed by atoms with E-state index in [1.807, 2.05) is 30.3 Å². The summed E-state index contributed by atoms with van der Waals surface area (Å²) < 4.78 is 1.09. The van der Waals surface area contributed by atoms with Gasteiger partial charge in [-0.2, -0.15) is 0 Å². The molecule has 0 heterocycles. The summed E-state index contributed by atoms with van der Waals surface area (Å²) in [5.74, 6) is 0.0922. The number of benzene rings is 2. The van der Waals surface area contributed by atoms with Crippen LogP contribution in [0.15, 0.2) is 53.0 Å². The lowest BCUT2D eigenvalue weighted by Crippen LogP contribution is -2.32. The molecule has 1 aliphatic rings. The zero-order chi connectivity index (χ0) is 16.3. The fourth-order valence-corrected chi connectivity index (χ4v) is 3.30. The minimum atomic E-state index is 0. The second-order valence-electron chi connectivity index (χ2n) is 6.27. The first-order valence-electron chi connectivity index (χ1n) is 7.95. The molecule has 24 heavy (non-hydrogen) atoms. The van der Waals surface area contributed by atoms with Crippen molar-refractivity contribution in [3.05, 3.63) is 64.1 Å². The van der Waals surface area contributed by atoms with Crippen LogP contribution in [-0.2, 0) is 16.6 Å². The lowest BCUT2D eigenvalue weighted by atomic mass is 9.96.